The van der Waals surface area contributed by atoms with E-state index in [0.717, 1.165) is 16.7 Å². The molecule has 2 rings (SSSR count). The SMILES string of the molecule is Cc1cc(C)c(S(=O)(=O)NCCn2ccnc2)cc1CN. The van der Waals surface area contributed by atoms with Gasteiger partial charge in [-0.2, -0.15) is 0 Å². The molecule has 0 spiro atoms. The molecule has 1 aromatic carbocycles. The van der Waals surface area contributed by atoms with E-state index >= 15 is 0 Å². The van der Waals surface area contributed by atoms with Crippen molar-refractivity contribution in [2.24, 2.45) is 5.73 Å². The average molecular weight is 308 g/mol. The molecule has 6 nitrogen and oxygen atoms in total. The highest BCUT2D eigenvalue weighted by molar-refractivity contribution is 7.89. The van der Waals surface area contributed by atoms with Gasteiger partial charge in [0.1, 0.15) is 0 Å². The molecule has 0 atom stereocenters. The van der Waals surface area contributed by atoms with Crippen molar-refractivity contribution in [3.05, 3.63) is 47.5 Å². The number of benzene rings is 1. The van der Waals surface area contributed by atoms with Crippen molar-refractivity contribution < 1.29 is 8.42 Å². The fourth-order valence-corrected chi connectivity index (χ4v) is 3.49. The molecule has 21 heavy (non-hydrogen) atoms. The van der Waals surface area contributed by atoms with E-state index in [9.17, 15) is 8.42 Å². The first-order valence-corrected chi connectivity index (χ1v) is 8.18. The fraction of sp³-hybridized carbons (Fsp3) is 0.357. The molecule has 0 amide bonds. The zero-order valence-electron chi connectivity index (χ0n) is 12.2. The lowest BCUT2D eigenvalue weighted by atomic mass is 10.1. The zero-order chi connectivity index (χ0) is 15.5. The lowest BCUT2D eigenvalue weighted by Crippen LogP contribution is -2.28. The summed E-state index contributed by atoms with van der Waals surface area (Å²) in [5, 5.41) is 0. The van der Waals surface area contributed by atoms with Gasteiger partial charge < -0.3 is 10.3 Å². The highest BCUT2D eigenvalue weighted by Gasteiger charge is 2.17. The van der Waals surface area contributed by atoms with Crippen LogP contribution >= 0.6 is 0 Å². The average Bonchev–Trinajstić information content (AvgIpc) is 2.91. The maximum atomic E-state index is 12.4. The molecule has 7 heteroatoms. The van der Waals surface area contributed by atoms with Crippen LogP contribution in [0.25, 0.3) is 0 Å². The lowest BCUT2D eigenvalue weighted by molar-refractivity contribution is 0.572. The van der Waals surface area contributed by atoms with E-state index in [1.165, 1.54) is 0 Å². The molecule has 0 saturated carbocycles. The molecule has 1 aromatic heterocycles. The minimum atomic E-state index is -3.53. The number of nitrogens with zero attached hydrogens (tertiary/aromatic N) is 2. The van der Waals surface area contributed by atoms with Crippen LogP contribution in [0.15, 0.2) is 35.7 Å². The molecule has 3 N–H and O–H groups in total. The van der Waals surface area contributed by atoms with Crippen molar-refractivity contribution in [2.45, 2.75) is 31.8 Å². The molecule has 0 saturated heterocycles. The molecule has 2 aromatic rings. The summed E-state index contributed by atoms with van der Waals surface area (Å²) in [4.78, 5) is 4.20. The number of hydrogen-bond donors (Lipinski definition) is 2. The number of hydrogen-bond acceptors (Lipinski definition) is 4. The van der Waals surface area contributed by atoms with E-state index in [1.54, 1.807) is 31.7 Å². The molecule has 0 aliphatic rings. The van der Waals surface area contributed by atoms with E-state index in [2.05, 4.69) is 9.71 Å². The summed E-state index contributed by atoms with van der Waals surface area (Å²) in [5.74, 6) is 0. The van der Waals surface area contributed by atoms with Gasteiger partial charge in [0.2, 0.25) is 10.0 Å². The number of aryl methyl sites for hydroxylation is 2. The van der Waals surface area contributed by atoms with Gasteiger partial charge in [-0.1, -0.05) is 6.07 Å². The Bertz CT molecular complexity index is 709. The minimum Gasteiger partial charge on any atom is -0.336 e. The van der Waals surface area contributed by atoms with Gasteiger partial charge in [-0.3, -0.25) is 0 Å². The van der Waals surface area contributed by atoms with Crippen LogP contribution in [0, 0.1) is 13.8 Å². The summed E-state index contributed by atoms with van der Waals surface area (Å²) < 4.78 is 29.2. The first-order valence-electron chi connectivity index (χ1n) is 6.69. The van der Waals surface area contributed by atoms with Gasteiger partial charge in [-0.05, 0) is 36.6 Å². The van der Waals surface area contributed by atoms with Gasteiger partial charge >= 0.3 is 0 Å². The standard InChI is InChI=1S/C14H20N4O2S/c1-11-7-12(2)14(8-13(11)9-15)21(19,20)17-4-6-18-5-3-16-10-18/h3,5,7-8,10,17H,4,6,9,15H2,1-2H3. The molecule has 0 unspecified atom stereocenters. The van der Waals surface area contributed by atoms with Crippen LogP contribution in [0.2, 0.25) is 0 Å². The Morgan fingerprint density at radius 1 is 1.29 bits per heavy atom. The van der Waals surface area contributed by atoms with Crippen molar-refractivity contribution in [2.75, 3.05) is 6.54 Å². The molecule has 0 aliphatic carbocycles. The summed E-state index contributed by atoms with van der Waals surface area (Å²) >= 11 is 0. The van der Waals surface area contributed by atoms with E-state index in [-0.39, 0.29) is 0 Å². The Morgan fingerprint density at radius 3 is 2.67 bits per heavy atom. The Labute approximate surface area is 125 Å². The van der Waals surface area contributed by atoms with Crippen molar-refractivity contribution in [3.63, 3.8) is 0 Å². The van der Waals surface area contributed by atoms with Crippen LogP contribution in [0.5, 0.6) is 0 Å². The number of nitrogens with two attached hydrogens (primary N) is 1. The molecule has 1 heterocycles. The van der Waals surface area contributed by atoms with E-state index in [0.29, 0.717) is 24.5 Å². The highest BCUT2D eigenvalue weighted by Crippen LogP contribution is 2.20. The van der Waals surface area contributed by atoms with Crippen LogP contribution in [0.3, 0.4) is 0 Å². The normalized spacial score (nSPS) is 11.8. The second-order valence-corrected chi connectivity index (χ2v) is 6.68. The van der Waals surface area contributed by atoms with Crippen molar-refractivity contribution in [3.8, 4) is 0 Å². The smallest absolute Gasteiger partial charge is 0.240 e. The predicted molar refractivity (Wildman–Crippen MR) is 81.2 cm³/mol. The van der Waals surface area contributed by atoms with Crippen LogP contribution in [0.1, 0.15) is 16.7 Å². The molecular formula is C14H20N4O2S. The van der Waals surface area contributed by atoms with Gasteiger partial charge in [-0.15, -0.1) is 0 Å². The molecule has 0 bridgehead atoms. The number of nitrogens with one attached hydrogen (secondary N) is 1. The van der Waals surface area contributed by atoms with E-state index < -0.39 is 10.0 Å². The number of rotatable bonds is 6. The van der Waals surface area contributed by atoms with E-state index in [4.69, 9.17) is 5.73 Å². The largest absolute Gasteiger partial charge is 0.336 e. The summed E-state index contributed by atoms with van der Waals surface area (Å²) in [6, 6.07) is 3.51. The van der Waals surface area contributed by atoms with Crippen LogP contribution < -0.4 is 10.5 Å². The molecule has 0 fully saturated rings. The van der Waals surface area contributed by atoms with Crippen LogP contribution in [-0.4, -0.2) is 24.5 Å². The zero-order valence-corrected chi connectivity index (χ0v) is 13.0. The van der Waals surface area contributed by atoms with Crippen molar-refractivity contribution in [1.82, 2.24) is 14.3 Å². The van der Waals surface area contributed by atoms with Gasteiger partial charge in [0, 0.05) is 32.0 Å². The maximum absolute atomic E-state index is 12.4. The summed E-state index contributed by atoms with van der Waals surface area (Å²) in [6.07, 6.45) is 5.10. The molecule has 0 radical (unpaired) electrons. The lowest BCUT2D eigenvalue weighted by Gasteiger charge is -2.13. The number of imidazole rings is 1. The Balaban J connectivity index is 2.15. The quantitative estimate of drug-likeness (QED) is 0.831. The van der Waals surface area contributed by atoms with Crippen molar-refractivity contribution in [1.29, 1.82) is 0 Å². The first kappa shape index (κ1) is 15.7. The second-order valence-electron chi connectivity index (χ2n) is 4.95. The van der Waals surface area contributed by atoms with Gasteiger partial charge in [-0.25, -0.2) is 18.1 Å². The molecule has 114 valence electrons. The monoisotopic (exact) mass is 308 g/mol. The third-order valence-electron chi connectivity index (χ3n) is 3.36. The Morgan fingerprint density at radius 2 is 2.05 bits per heavy atom. The summed E-state index contributed by atoms with van der Waals surface area (Å²) in [5.41, 5.74) is 8.22. The van der Waals surface area contributed by atoms with Gasteiger partial charge in [0.25, 0.3) is 0 Å². The fourth-order valence-electron chi connectivity index (χ4n) is 2.19. The minimum absolute atomic E-state index is 0.291. The predicted octanol–water partition coefficient (Wildman–Crippen LogP) is 0.937. The van der Waals surface area contributed by atoms with Crippen molar-refractivity contribution >= 4 is 10.0 Å². The Kier molecular flexibility index (Phi) is 4.76. The second kappa shape index (κ2) is 6.38. The summed E-state index contributed by atoms with van der Waals surface area (Å²) in [7, 11) is -3.53. The first-order chi connectivity index (χ1) is 9.94. The molecule has 0 aliphatic heterocycles. The van der Waals surface area contributed by atoms with Crippen LogP contribution in [0.4, 0.5) is 0 Å². The van der Waals surface area contributed by atoms with Gasteiger partial charge in [0.05, 0.1) is 11.2 Å². The highest BCUT2D eigenvalue weighted by atomic mass is 32.2. The third-order valence-corrected chi connectivity index (χ3v) is 4.97. The topological polar surface area (TPSA) is 90.0 Å². The molecular weight excluding hydrogens is 288 g/mol. The van der Waals surface area contributed by atoms with Gasteiger partial charge in [0.15, 0.2) is 0 Å². The number of sulfonamides is 1. The third kappa shape index (κ3) is 3.69. The maximum Gasteiger partial charge on any atom is 0.240 e. The van der Waals surface area contributed by atoms with Crippen LogP contribution in [-0.2, 0) is 23.1 Å². The number of aromatic nitrogens is 2. The summed E-state index contributed by atoms with van der Waals surface area (Å²) in [6.45, 7) is 4.89. The Hall–Kier alpha value is -1.70. The van der Waals surface area contributed by atoms with E-state index in [1.807, 2.05) is 17.6 Å².